The summed E-state index contributed by atoms with van der Waals surface area (Å²) in [6, 6.07) is 0. The van der Waals surface area contributed by atoms with Gasteiger partial charge in [-0.2, -0.15) is 0 Å². The van der Waals surface area contributed by atoms with Gasteiger partial charge in [-0.3, -0.25) is 0 Å². The lowest BCUT2D eigenvalue weighted by molar-refractivity contribution is -0.141. The van der Waals surface area contributed by atoms with Gasteiger partial charge in [0.2, 0.25) is 0 Å². The van der Waals surface area contributed by atoms with Crippen LogP contribution in [0.15, 0.2) is 11.6 Å². The Morgan fingerprint density at radius 2 is 2.05 bits per heavy atom. The van der Waals surface area contributed by atoms with Crippen LogP contribution in [-0.4, -0.2) is 33.6 Å². The summed E-state index contributed by atoms with van der Waals surface area (Å²) in [4.78, 5) is 0. The van der Waals surface area contributed by atoms with Gasteiger partial charge in [0.05, 0.1) is 23.4 Å². The predicted octanol–water partition coefficient (Wildman–Crippen LogP) is 3.19. The van der Waals surface area contributed by atoms with Gasteiger partial charge in [0.1, 0.15) is 0 Å². The second-order valence-electron chi connectivity index (χ2n) is 8.18. The maximum atomic E-state index is 10.7. The van der Waals surface area contributed by atoms with Crippen molar-refractivity contribution in [2.24, 2.45) is 11.3 Å². The molecule has 2 N–H and O–H groups in total. The SMILES string of the molecule is CCC[C@@H](O)C1=CCC[C@@]2(C)C[C@H](O)[C@@H]3C[C@]12OC3(C)C. The van der Waals surface area contributed by atoms with Gasteiger partial charge in [0.15, 0.2) is 0 Å². The Kier molecular flexibility index (Phi) is 3.55. The fourth-order valence-electron chi connectivity index (χ4n) is 5.23. The Morgan fingerprint density at radius 3 is 2.71 bits per heavy atom. The lowest BCUT2D eigenvalue weighted by atomic mass is 9.54. The molecule has 1 aliphatic heterocycles. The molecule has 1 saturated heterocycles. The number of fused-ring (bicyclic) bond motifs is 1. The molecule has 0 unspecified atom stereocenters. The molecule has 0 amide bonds. The van der Waals surface area contributed by atoms with Crippen LogP contribution in [0.1, 0.15) is 66.2 Å². The van der Waals surface area contributed by atoms with E-state index in [4.69, 9.17) is 4.74 Å². The summed E-state index contributed by atoms with van der Waals surface area (Å²) in [5, 5.41) is 21.3. The van der Waals surface area contributed by atoms with Crippen molar-refractivity contribution in [1.29, 1.82) is 0 Å². The van der Waals surface area contributed by atoms with Gasteiger partial charge in [-0.05, 0) is 51.5 Å². The lowest BCUT2D eigenvalue weighted by Gasteiger charge is -2.54. The van der Waals surface area contributed by atoms with Gasteiger partial charge >= 0.3 is 0 Å². The Bertz CT molecular complexity index is 455. The van der Waals surface area contributed by atoms with E-state index in [0.29, 0.717) is 0 Å². The van der Waals surface area contributed by atoms with Crippen LogP contribution >= 0.6 is 0 Å². The molecule has 1 saturated carbocycles. The first-order chi connectivity index (χ1) is 9.76. The van der Waals surface area contributed by atoms with Crippen LogP contribution < -0.4 is 0 Å². The molecular formula is C18H30O3. The van der Waals surface area contributed by atoms with E-state index in [0.717, 1.165) is 44.1 Å². The topological polar surface area (TPSA) is 49.7 Å². The molecule has 0 radical (unpaired) electrons. The normalized spacial score (nSPS) is 45.9. The minimum absolute atomic E-state index is 0.0600. The van der Waals surface area contributed by atoms with Crippen LogP contribution in [0.3, 0.4) is 0 Å². The van der Waals surface area contributed by atoms with E-state index in [9.17, 15) is 10.2 Å². The second kappa shape index (κ2) is 4.81. The molecule has 3 aliphatic rings. The Hall–Kier alpha value is -0.380. The molecule has 3 nitrogen and oxygen atoms in total. The van der Waals surface area contributed by atoms with E-state index in [1.807, 2.05) is 0 Å². The maximum Gasteiger partial charge on any atom is 0.0982 e. The van der Waals surface area contributed by atoms with E-state index >= 15 is 0 Å². The molecule has 0 aromatic rings. The van der Waals surface area contributed by atoms with Crippen molar-refractivity contribution in [1.82, 2.24) is 0 Å². The fraction of sp³-hybridized carbons (Fsp3) is 0.889. The van der Waals surface area contributed by atoms with Gasteiger partial charge < -0.3 is 14.9 Å². The molecule has 3 rings (SSSR count). The highest BCUT2D eigenvalue weighted by Gasteiger charge is 2.67. The largest absolute Gasteiger partial charge is 0.393 e. The molecular weight excluding hydrogens is 264 g/mol. The summed E-state index contributed by atoms with van der Waals surface area (Å²) < 4.78 is 6.63. The standard InChI is InChI=1S/C18H30O3/c1-5-7-14(19)12-8-6-9-17(4)11-15(20)13-10-18(12,17)21-16(13,2)3/h8,13-15,19-20H,5-7,9-11H2,1-4H3/t13-,14+,15-,17-,18-/m0/s1. The maximum absolute atomic E-state index is 10.7. The van der Waals surface area contributed by atoms with E-state index in [-0.39, 0.29) is 28.6 Å². The third-order valence-corrected chi connectivity index (χ3v) is 6.38. The molecule has 21 heavy (non-hydrogen) atoms. The summed E-state index contributed by atoms with van der Waals surface area (Å²) in [6.45, 7) is 8.55. The van der Waals surface area contributed by atoms with Crippen molar-refractivity contribution < 1.29 is 14.9 Å². The van der Waals surface area contributed by atoms with Crippen molar-refractivity contribution in [3.05, 3.63) is 11.6 Å². The number of rotatable bonds is 3. The highest BCUT2D eigenvalue weighted by Crippen LogP contribution is 2.65. The molecule has 120 valence electrons. The van der Waals surface area contributed by atoms with Gasteiger partial charge in [0.25, 0.3) is 0 Å². The van der Waals surface area contributed by atoms with E-state index in [1.165, 1.54) is 0 Å². The van der Waals surface area contributed by atoms with Crippen molar-refractivity contribution in [2.75, 3.05) is 0 Å². The number of allylic oxidation sites excluding steroid dienone is 1. The quantitative estimate of drug-likeness (QED) is 0.786. The predicted molar refractivity (Wildman–Crippen MR) is 83.0 cm³/mol. The Labute approximate surface area is 128 Å². The zero-order valence-corrected chi connectivity index (χ0v) is 13.9. The molecule has 1 heterocycles. The average Bonchev–Trinajstić information content (AvgIpc) is 2.63. The summed E-state index contributed by atoms with van der Waals surface area (Å²) in [7, 11) is 0. The van der Waals surface area contributed by atoms with Crippen LogP contribution in [0.2, 0.25) is 0 Å². The summed E-state index contributed by atoms with van der Waals surface area (Å²) in [5.74, 6) is 0.168. The van der Waals surface area contributed by atoms with E-state index in [1.54, 1.807) is 0 Å². The van der Waals surface area contributed by atoms with Gasteiger partial charge in [-0.25, -0.2) is 0 Å². The van der Waals surface area contributed by atoms with Crippen LogP contribution in [0.25, 0.3) is 0 Å². The zero-order chi connectivity index (χ0) is 15.5. The van der Waals surface area contributed by atoms with Crippen molar-refractivity contribution in [2.45, 2.75) is 89.6 Å². The molecule has 2 fully saturated rings. The van der Waals surface area contributed by atoms with Gasteiger partial charge in [-0.1, -0.05) is 26.3 Å². The third-order valence-electron chi connectivity index (χ3n) is 6.38. The Balaban J connectivity index is 2.05. The van der Waals surface area contributed by atoms with E-state index in [2.05, 4.69) is 33.8 Å². The summed E-state index contributed by atoms with van der Waals surface area (Å²) >= 11 is 0. The van der Waals surface area contributed by atoms with Crippen molar-refractivity contribution >= 4 is 0 Å². The third kappa shape index (κ3) is 2.04. The number of hydrogen-bond donors (Lipinski definition) is 2. The second-order valence-corrected chi connectivity index (χ2v) is 8.18. The van der Waals surface area contributed by atoms with Crippen LogP contribution in [0.4, 0.5) is 0 Å². The minimum Gasteiger partial charge on any atom is -0.393 e. The van der Waals surface area contributed by atoms with Crippen LogP contribution in [0.5, 0.6) is 0 Å². The first-order valence-corrected chi connectivity index (χ1v) is 8.52. The molecule has 0 aromatic heterocycles. The summed E-state index contributed by atoms with van der Waals surface area (Å²) in [5.41, 5.74) is 0.350. The van der Waals surface area contributed by atoms with Gasteiger partial charge in [-0.15, -0.1) is 0 Å². The highest BCUT2D eigenvalue weighted by atomic mass is 16.5. The number of aliphatic hydroxyl groups excluding tert-OH is 2. The fourth-order valence-corrected chi connectivity index (χ4v) is 5.23. The molecule has 0 aromatic carbocycles. The van der Waals surface area contributed by atoms with Crippen molar-refractivity contribution in [3.63, 3.8) is 0 Å². The first-order valence-electron chi connectivity index (χ1n) is 8.52. The molecule has 2 aliphatic carbocycles. The van der Waals surface area contributed by atoms with Gasteiger partial charge in [0, 0.05) is 11.3 Å². The molecule has 2 bridgehead atoms. The lowest BCUT2D eigenvalue weighted by Crippen LogP contribution is -2.56. The average molecular weight is 294 g/mol. The number of hydrogen-bond acceptors (Lipinski definition) is 3. The smallest absolute Gasteiger partial charge is 0.0982 e. The van der Waals surface area contributed by atoms with Crippen molar-refractivity contribution in [3.8, 4) is 0 Å². The summed E-state index contributed by atoms with van der Waals surface area (Å²) in [6.07, 6.45) is 6.95. The Morgan fingerprint density at radius 1 is 1.33 bits per heavy atom. The highest BCUT2D eigenvalue weighted by molar-refractivity contribution is 5.34. The monoisotopic (exact) mass is 294 g/mol. The van der Waals surface area contributed by atoms with E-state index < -0.39 is 6.10 Å². The first kappa shape index (κ1) is 15.5. The number of aliphatic hydroxyl groups is 2. The number of ether oxygens (including phenoxy) is 1. The molecule has 5 atom stereocenters. The molecule has 3 heteroatoms. The van der Waals surface area contributed by atoms with Crippen LogP contribution in [-0.2, 0) is 4.74 Å². The van der Waals surface area contributed by atoms with Crippen LogP contribution in [0, 0.1) is 11.3 Å². The molecule has 1 spiro atoms. The zero-order valence-electron chi connectivity index (χ0n) is 13.9. The minimum atomic E-state index is -0.403.